The van der Waals surface area contributed by atoms with E-state index in [1.807, 2.05) is 12.1 Å². The normalized spacial score (nSPS) is 20.8. The number of hydrogen-bond donors (Lipinski definition) is 1. The van der Waals surface area contributed by atoms with Crippen molar-refractivity contribution >= 4 is 6.29 Å². The highest BCUT2D eigenvalue weighted by molar-refractivity contribution is 5.75. The van der Waals surface area contributed by atoms with Crippen LogP contribution < -0.4 is 0 Å². The van der Waals surface area contributed by atoms with Crippen molar-refractivity contribution in [1.29, 1.82) is 0 Å². The van der Waals surface area contributed by atoms with Gasteiger partial charge in [-0.05, 0) is 36.5 Å². The Morgan fingerprint density at radius 1 is 1.46 bits per heavy atom. The topological polar surface area (TPSA) is 37.3 Å². The van der Waals surface area contributed by atoms with E-state index in [0.717, 1.165) is 31.1 Å². The molecule has 1 aliphatic rings. The van der Waals surface area contributed by atoms with Gasteiger partial charge in [0.25, 0.3) is 0 Å². The summed E-state index contributed by atoms with van der Waals surface area (Å²) in [5, 5.41) is 9.67. The Bertz CT molecular complexity index is 331. The van der Waals surface area contributed by atoms with Crippen molar-refractivity contribution in [2.75, 3.05) is 0 Å². The molecule has 2 nitrogen and oxygen atoms in total. The molecule has 0 heterocycles. The van der Waals surface area contributed by atoms with Crippen LogP contribution in [0.3, 0.4) is 0 Å². The largest absolute Gasteiger partial charge is 0.388 e. The number of hydrogen-bond acceptors (Lipinski definition) is 2. The van der Waals surface area contributed by atoms with Crippen LogP contribution in [0.2, 0.25) is 0 Å². The lowest BCUT2D eigenvalue weighted by atomic mass is 9.88. The van der Waals surface area contributed by atoms with E-state index in [0.29, 0.717) is 5.56 Å². The molecule has 2 heteroatoms. The summed E-state index contributed by atoms with van der Waals surface area (Å²) in [5.41, 5.74) is 2.78. The summed E-state index contributed by atoms with van der Waals surface area (Å²) < 4.78 is 0. The molecule has 2 rings (SSSR count). The van der Waals surface area contributed by atoms with Crippen LogP contribution in [-0.4, -0.2) is 11.4 Å². The van der Waals surface area contributed by atoms with Crippen LogP contribution in [0.4, 0.5) is 0 Å². The Kier molecular flexibility index (Phi) is 2.15. The number of carbonyl (C=O) groups is 1. The van der Waals surface area contributed by atoms with Crippen molar-refractivity contribution < 1.29 is 9.90 Å². The number of carbonyl (C=O) groups excluding carboxylic acids is 1. The molecule has 1 aromatic rings. The summed E-state index contributed by atoms with van der Waals surface area (Å²) in [6, 6.07) is 5.55. The summed E-state index contributed by atoms with van der Waals surface area (Å²) in [5.74, 6) is 0. The molecule has 0 bridgehead atoms. The molecule has 1 aromatic carbocycles. The van der Waals surface area contributed by atoms with Gasteiger partial charge in [-0.3, -0.25) is 4.79 Å². The van der Waals surface area contributed by atoms with Gasteiger partial charge in [0.05, 0.1) is 6.10 Å². The van der Waals surface area contributed by atoms with Gasteiger partial charge >= 0.3 is 0 Å². The van der Waals surface area contributed by atoms with E-state index in [9.17, 15) is 9.90 Å². The second kappa shape index (κ2) is 3.30. The van der Waals surface area contributed by atoms with Gasteiger partial charge in [0, 0.05) is 5.56 Å². The monoisotopic (exact) mass is 176 g/mol. The third-order valence-corrected chi connectivity index (χ3v) is 2.59. The van der Waals surface area contributed by atoms with E-state index >= 15 is 0 Å². The molecular weight excluding hydrogens is 164 g/mol. The van der Waals surface area contributed by atoms with E-state index < -0.39 is 0 Å². The fraction of sp³-hybridized carbons (Fsp3) is 0.364. The Morgan fingerprint density at radius 3 is 3.08 bits per heavy atom. The van der Waals surface area contributed by atoms with Crippen molar-refractivity contribution in [2.24, 2.45) is 0 Å². The molecule has 0 fully saturated rings. The lowest BCUT2D eigenvalue weighted by molar-refractivity contribution is 0.112. The molecule has 0 unspecified atom stereocenters. The zero-order chi connectivity index (χ0) is 9.26. The fourth-order valence-corrected chi connectivity index (χ4v) is 1.87. The lowest BCUT2D eigenvalue weighted by Crippen LogP contribution is -2.09. The van der Waals surface area contributed by atoms with E-state index in [1.54, 1.807) is 6.07 Å². The maximum atomic E-state index is 10.5. The maximum Gasteiger partial charge on any atom is 0.150 e. The highest BCUT2D eigenvalue weighted by Crippen LogP contribution is 2.29. The highest BCUT2D eigenvalue weighted by atomic mass is 16.3. The van der Waals surface area contributed by atoms with Crippen molar-refractivity contribution in [2.45, 2.75) is 25.4 Å². The molecule has 0 spiro atoms. The van der Waals surface area contributed by atoms with Gasteiger partial charge in [0.2, 0.25) is 0 Å². The molecule has 1 aliphatic carbocycles. The number of aliphatic hydroxyl groups is 1. The minimum atomic E-state index is -0.372. The van der Waals surface area contributed by atoms with Crippen LogP contribution in [0.25, 0.3) is 0 Å². The van der Waals surface area contributed by atoms with Gasteiger partial charge in [-0.2, -0.15) is 0 Å². The molecule has 0 aliphatic heterocycles. The first-order valence-corrected chi connectivity index (χ1v) is 4.57. The van der Waals surface area contributed by atoms with Crippen LogP contribution >= 0.6 is 0 Å². The third-order valence-electron chi connectivity index (χ3n) is 2.59. The molecule has 0 aromatic heterocycles. The number of aryl methyl sites for hydroxylation is 1. The van der Waals surface area contributed by atoms with Crippen LogP contribution in [0.15, 0.2) is 18.2 Å². The second-order valence-electron chi connectivity index (χ2n) is 3.48. The molecule has 0 saturated heterocycles. The average molecular weight is 176 g/mol. The zero-order valence-corrected chi connectivity index (χ0v) is 7.36. The first-order chi connectivity index (χ1) is 6.31. The molecule has 1 N–H and O–H groups in total. The number of benzene rings is 1. The number of fused-ring (bicyclic) bond motifs is 1. The molecule has 0 saturated carbocycles. The van der Waals surface area contributed by atoms with Gasteiger partial charge in [0.1, 0.15) is 6.29 Å². The molecule has 0 radical (unpaired) electrons. The summed E-state index contributed by atoms with van der Waals surface area (Å²) in [7, 11) is 0. The van der Waals surface area contributed by atoms with Crippen LogP contribution in [0.5, 0.6) is 0 Å². The highest BCUT2D eigenvalue weighted by Gasteiger charge is 2.17. The summed E-state index contributed by atoms with van der Waals surface area (Å²) in [4.78, 5) is 10.5. The lowest BCUT2D eigenvalue weighted by Gasteiger charge is -2.21. The molecule has 13 heavy (non-hydrogen) atoms. The van der Waals surface area contributed by atoms with E-state index in [4.69, 9.17) is 0 Å². The Balaban J connectivity index is 2.46. The standard InChI is InChI=1S/C11H12O2/c12-7-8-4-5-9-2-1-3-11(13)10(9)6-8/h4-7,11,13H,1-3H2/t11-/m0/s1. The molecule has 68 valence electrons. The third kappa shape index (κ3) is 1.49. The molecule has 0 amide bonds. The van der Waals surface area contributed by atoms with E-state index in [-0.39, 0.29) is 6.10 Å². The number of aliphatic hydroxyl groups excluding tert-OH is 1. The van der Waals surface area contributed by atoms with Crippen LogP contribution in [0.1, 0.15) is 40.4 Å². The number of rotatable bonds is 1. The summed E-state index contributed by atoms with van der Waals surface area (Å²) >= 11 is 0. The minimum absolute atomic E-state index is 0.372. The van der Waals surface area contributed by atoms with Gasteiger partial charge in [-0.1, -0.05) is 12.1 Å². The first kappa shape index (κ1) is 8.45. The van der Waals surface area contributed by atoms with Gasteiger partial charge in [-0.25, -0.2) is 0 Å². The van der Waals surface area contributed by atoms with Gasteiger partial charge < -0.3 is 5.11 Å². The van der Waals surface area contributed by atoms with Crippen molar-refractivity contribution in [3.05, 3.63) is 34.9 Å². The van der Waals surface area contributed by atoms with Gasteiger partial charge in [-0.15, -0.1) is 0 Å². The smallest absolute Gasteiger partial charge is 0.150 e. The first-order valence-electron chi connectivity index (χ1n) is 4.57. The summed E-state index contributed by atoms with van der Waals surface area (Å²) in [6.07, 6.45) is 3.32. The molecular formula is C11H12O2. The second-order valence-corrected chi connectivity index (χ2v) is 3.48. The van der Waals surface area contributed by atoms with Gasteiger partial charge in [0.15, 0.2) is 0 Å². The number of aldehydes is 1. The Labute approximate surface area is 77.2 Å². The van der Waals surface area contributed by atoms with Crippen molar-refractivity contribution in [1.82, 2.24) is 0 Å². The Morgan fingerprint density at radius 2 is 2.31 bits per heavy atom. The predicted octanol–water partition coefficient (Wildman–Crippen LogP) is 1.87. The van der Waals surface area contributed by atoms with E-state index in [1.165, 1.54) is 5.56 Å². The maximum absolute atomic E-state index is 10.5. The van der Waals surface area contributed by atoms with Crippen molar-refractivity contribution in [3.8, 4) is 0 Å². The summed E-state index contributed by atoms with van der Waals surface area (Å²) in [6.45, 7) is 0. The predicted molar refractivity (Wildman–Crippen MR) is 49.7 cm³/mol. The minimum Gasteiger partial charge on any atom is -0.388 e. The van der Waals surface area contributed by atoms with Crippen LogP contribution in [0, 0.1) is 0 Å². The Hall–Kier alpha value is -1.15. The fourth-order valence-electron chi connectivity index (χ4n) is 1.87. The SMILES string of the molecule is O=Cc1ccc2c(c1)[C@@H](O)CCC2. The zero-order valence-electron chi connectivity index (χ0n) is 7.36. The average Bonchev–Trinajstić information content (AvgIpc) is 2.18. The van der Waals surface area contributed by atoms with Crippen molar-refractivity contribution in [3.63, 3.8) is 0 Å². The van der Waals surface area contributed by atoms with Crippen LogP contribution in [-0.2, 0) is 6.42 Å². The molecule has 1 atom stereocenters. The quantitative estimate of drug-likeness (QED) is 0.663. The van der Waals surface area contributed by atoms with E-state index in [2.05, 4.69) is 0 Å².